The maximum absolute atomic E-state index is 4.12. The predicted molar refractivity (Wildman–Crippen MR) is 56.9 cm³/mol. The standard InChI is InChI=1S/C12H19N2/c1-2-5-11(6-3-1)7-4-8-12-13-9-10-14-12/h9,11H,1-8H2,(H,13,14). The van der Waals surface area contributed by atoms with Crippen molar-refractivity contribution in [3.63, 3.8) is 0 Å². The summed E-state index contributed by atoms with van der Waals surface area (Å²) < 4.78 is 0. The molecule has 14 heavy (non-hydrogen) atoms. The molecule has 2 heteroatoms. The second-order valence-corrected chi connectivity index (χ2v) is 4.37. The highest BCUT2D eigenvalue weighted by Gasteiger charge is 2.12. The largest absolute Gasteiger partial charge is 0.348 e. The minimum atomic E-state index is 1.00. The first-order valence-electron chi connectivity index (χ1n) is 5.85. The van der Waals surface area contributed by atoms with E-state index in [4.69, 9.17) is 0 Å². The summed E-state index contributed by atoms with van der Waals surface area (Å²) in [7, 11) is 0. The van der Waals surface area contributed by atoms with E-state index in [1.165, 1.54) is 44.9 Å². The van der Waals surface area contributed by atoms with Crippen LogP contribution in [0.1, 0.15) is 50.8 Å². The molecule has 0 unspecified atom stereocenters. The van der Waals surface area contributed by atoms with Crippen molar-refractivity contribution in [2.45, 2.75) is 51.4 Å². The first kappa shape index (κ1) is 9.75. The molecule has 1 fully saturated rings. The highest BCUT2D eigenvalue weighted by molar-refractivity contribution is 4.85. The molecule has 0 saturated heterocycles. The second-order valence-electron chi connectivity index (χ2n) is 4.37. The maximum atomic E-state index is 4.12. The van der Waals surface area contributed by atoms with Gasteiger partial charge in [0.1, 0.15) is 12.0 Å². The number of H-pyrrole nitrogens is 1. The molecule has 1 aliphatic carbocycles. The predicted octanol–water partition coefficient (Wildman–Crippen LogP) is 3.11. The van der Waals surface area contributed by atoms with Crippen molar-refractivity contribution in [2.24, 2.45) is 5.92 Å². The number of aromatic nitrogens is 2. The van der Waals surface area contributed by atoms with Crippen LogP contribution in [0, 0.1) is 12.1 Å². The van der Waals surface area contributed by atoms with Crippen LogP contribution in [0.15, 0.2) is 6.20 Å². The van der Waals surface area contributed by atoms with Gasteiger partial charge in [-0.2, -0.15) is 0 Å². The molecule has 1 saturated carbocycles. The number of rotatable bonds is 4. The van der Waals surface area contributed by atoms with Crippen molar-refractivity contribution in [1.29, 1.82) is 0 Å². The van der Waals surface area contributed by atoms with Gasteiger partial charge in [-0.3, -0.25) is 0 Å². The monoisotopic (exact) mass is 191 g/mol. The summed E-state index contributed by atoms with van der Waals surface area (Å²) in [6.07, 6.45) is 15.7. The number of imidazole rings is 1. The average molecular weight is 191 g/mol. The van der Waals surface area contributed by atoms with Gasteiger partial charge in [-0.05, 0) is 12.3 Å². The Labute approximate surface area is 86.1 Å². The fraction of sp³-hybridized carbons (Fsp3) is 0.750. The lowest BCUT2D eigenvalue weighted by Crippen LogP contribution is -2.06. The van der Waals surface area contributed by atoms with Gasteiger partial charge in [-0.15, -0.1) is 0 Å². The van der Waals surface area contributed by atoms with Gasteiger partial charge in [0.15, 0.2) is 0 Å². The normalized spacial score (nSPS) is 18.6. The molecule has 0 spiro atoms. The van der Waals surface area contributed by atoms with Gasteiger partial charge in [-0.1, -0.05) is 38.5 Å². The maximum Gasteiger partial charge on any atom is 0.108 e. The van der Waals surface area contributed by atoms with Crippen LogP contribution in [0.2, 0.25) is 0 Å². The van der Waals surface area contributed by atoms with E-state index in [-0.39, 0.29) is 0 Å². The summed E-state index contributed by atoms with van der Waals surface area (Å²) in [5.74, 6) is 2.10. The Morgan fingerprint density at radius 1 is 1.36 bits per heavy atom. The van der Waals surface area contributed by atoms with Gasteiger partial charge in [0, 0.05) is 12.6 Å². The Hall–Kier alpha value is -0.790. The van der Waals surface area contributed by atoms with Gasteiger partial charge < -0.3 is 4.98 Å². The van der Waals surface area contributed by atoms with E-state index in [1.807, 2.05) is 0 Å². The van der Waals surface area contributed by atoms with Crippen LogP contribution in [0.25, 0.3) is 0 Å². The summed E-state index contributed by atoms with van der Waals surface area (Å²) in [6, 6.07) is 0. The van der Waals surface area contributed by atoms with Crippen molar-refractivity contribution in [1.82, 2.24) is 9.97 Å². The molecule has 1 radical (unpaired) electrons. The molecule has 2 nitrogen and oxygen atoms in total. The van der Waals surface area contributed by atoms with Crippen LogP contribution < -0.4 is 0 Å². The molecule has 2 rings (SSSR count). The van der Waals surface area contributed by atoms with Gasteiger partial charge in [-0.25, -0.2) is 4.98 Å². The van der Waals surface area contributed by atoms with E-state index < -0.39 is 0 Å². The molecule has 1 N–H and O–H groups in total. The molecular formula is C12H19N2. The molecule has 1 heterocycles. The van der Waals surface area contributed by atoms with E-state index in [0.717, 1.165) is 18.2 Å². The van der Waals surface area contributed by atoms with Crippen molar-refractivity contribution in [2.75, 3.05) is 0 Å². The minimum absolute atomic E-state index is 1.00. The third-order valence-electron chi connectivity index (χ3n) is 3.25. The van der Waals surface area contributed by atoms with Gasteiger partial charge in [0.05, 0.1) is 0 Å². The fourth-order valence-corrected chi connectivity index (χ4v) is 2.42. The molecule has 0 bridgehead atoms. The average Bonchev–Trinajstić information content (AvgIpc) is 2.72. The Bertz CT molecular complexity index is 235. The number of aromatic amines is 1. The Morgan fingerprint density at radius 3 is 2.93 bits per heavy atom. The molecule has 0 aliphatic heterocycles. The molecular weight excluding hydrogens is 172 g/mol. The quantitative estimate of drug-likeness (QED) is 0.778. The third-order valence-corrected chi connectivity index (χ3v) is 3.25. The van der Waals surface area contributed by atoms with Crippen LogP contribution >= 0.6 is 0 Å². The zero-order chi connectivity index (χ0) is 9.64. The minimum Gasteiger partial charge on any atom is -0.348 e. The highest BCUT2D eigenvalue weighted by atomic mass is 14.9. The van der Waals surface area contributed by atoms with E-state index in [9.17, 15) is 0 Å². The second kappa shape index (κ2) is 5.18. The van der Waals surface area contributed by atoms with Crippen LogP contribution in [0.5, 0.6) is 0 Å². The molecule has 0 amide bonds. The molecule has 1 aliphatic rings. The first-order valence-corrected chi connectivity index (χ1v) is 5.85. The zero-order valence-electron chi connectivity index (χ0n) is 8.76. The van der Waals surface area contributed by atoms with E-state index in [0.29, 0.717) is 0 Å². The highest BCUT2D eigenvalue weighted by Crippen LogP contribution is 2.27. The van der Waals surface area contributed by atoms with E-state index in [2.05, 4.69) is 16.2 Å². The third kappa shape index (κ3) is 2.86. The van der Waals surface area contributed by atoms with Crippen molar-refractivity contribution in [3.05, 3.63) is 18.2 Å². The number of hydrogen-bond donors (Lipinski definition) is 1. The number of nitrogens with one attached hydrogen (secondary N) is 1. The lowest BCUT2D eigenvalue weighted by Gasteiger charge is -2.20. The summed E-state index contributed by atoms with van der Waals surface area (Å²) >= 11 is 0. The summed E-state index contributed by atoms with van der Waals surface area (Å²) in [5, 5.41) is 0. The summed E-state index contributed by atoms with van der Waals surface area (Å²) in [5.41, 5.74) is 0. The van der Waals surface area contributed by atoms with Crippen LogP contribution in [0.4, 0.5) is 0 Å². The zero-order valence-corrected chi connectivity index (χ0v) is 8.76. The summed E-state index contributed by atoms with van der Waals surface area (Å²) in [4.78, 5) is 7.23. The van der Waals surface area contributed by atoms with Crippen molar-refractivity contribution < 1.29 is 0 Å². The fourth-order valence-electron chi connectivity index (χ4n) is 2.42. The van der Waals surface area contributed by atoms with Gasteiger partial charge in [0.2, 0.25) is 0 Å². The lowest BCUT2D eigenvalue weighted by molar-refractivity contribution is 0.332. The number of aryl methyl sites for hydroxylation is 1. The Morgan fingerprint density at radius 2 is 2.21 bits per heavy atom. The first-order chi connectivity index (χ1) is 6.95. The van der Waals surface area contributed by atoms with Crippen molar-refractivity contribution in [3.8, 4) is 0 Å². The molecule has 1 aromatic heterocycles. The van der Waals surface area contributed by atoms with E-state index >= 15 is 0 Å². The van der Waals surface area contributed by atoms with Crippen molar-refractivity contribution >= 4 is 0 Å². The topological polar surface area (TPSA) is 28.7 Å². The summed E-state index contributed by atoms with van der Waals surface area (Å²) in [6.45, 7) is 0. The number of nitrogens with zero attached hydrogens (tertiary/aromatic N) is 1. The van der Waals surface area contributed by atoms with Crippen LogP contribution in [-0.2, 0) is 6.42 Å². The lowest BCUT2D eigenvalue weighted by atomic mass is 9.86. The Kier molecular flexibility index (Phi) is 3.61. The Balaban J connectivity index is 1.62. The molecule has 0 aromatic carbocycles. The van der Waals surface area contributed by atoms with Gasteiger partial charge in [0.25, 0.3) is 0 Å². The van der Waals surface area contributed by atoms with E-state index in [1.54, 1.807) is 6.20 Å². The SMILES string of the molecule is [c]1c[nH]c(CCCC2CCCCC2)n1. The smallest absolute Gasteiger partial charge is 0.108 e. The molecule has 0 atom stereocenters. The molecule has 77 valence electrons. The van der Waals surface area contributed by atoms with Crippen LogP contribution in [0.3, 0.4) is 0 Å². The molecule has 1 aromatic rings. The van der Waals surface area contributed by atoms with Gasteiger partial charge >= 0.3 is 0 Å². The number of hydrogen-bond acceptors (Lipinski definition) is 1. The van der Waals surface area contributed by atoms with Crippen LogP contribution in [-0.4, -0.2) is 9.97 Å².